The molecule has 0 saturated heterocycles. The van der Waals surface area contributed by atoms with Crippen LogP contribution in [0.5, 0.6) is 0 Å². The number of nitrogens with zero attached hydrogens (tertiary/aromatic N) is 2. The Morgan fingerprint density at radius 2 is 1.81 bits per heavy atom. The number of fused-ring (bicyclic) bond motifs is 3. The van der Waals surface area contributed by atoms with Crippen LogP contribution in [0.3, 0.4) is 0 Å². The summed E-state index contributed by atoms with van der Waals surface area (Å²) in [6, 6.07) is 17.5. The van der Waals surface area contributed by atoms with Gasteiger partial charge < -0.3 is 0 Å². The summed E-state index contributed by atoms with van der Waals surface area (Å²) in [6.07, 6.45) is 2.07. The van der Waals surface area contributed by atoms with Crippen molar-refractivity contribution in [3.05, 3.63) is 69.3 Å². The van der Waals surface area contributed by atoms with Gasteiger partial charge in [-0.3, -0.25) is 9.47 Å². The van der Waals surface area contributed by atoms with E-state index in [-0.39, 0.29) is 0 Å². The Labute approximate surface area is 164 Å². The SMILES string of the molecule is CCC1c2c(c3cc(Cl)ccc3n2C#Cc2ccc(Cl)cc2)CCN1C. The van der Waals surface area contributed by atoms with Crippen molar-refractivity contribution in [3.8, 4) is 12.0 Å². The summed E-state index contributed by atoms with van der Waals surface area (Å²) >= 11 is 12.3. The van der Waals surface area contributed by atoms with Crippen molar-refractivity contribution < 1.29 is 0 Å². The molecular formula is C22H20Cl2N2. The van der Waals surface area contributed by atoms with Crippen LogP contribution in [-0.4, -0.2) is 23.1 Å². The van der Waals surface area contributed by atoms with Crippen molar-refractivity contribution in [1.82, 2.24) is 9.47 Å². The first-order valence-electron chi connectivity index (χ1n) is 8.89. The summed E-state index contributed by atoms with van der Waals surface area (Å²) in [5, 5.41) is 2.72. The van der Waals surface area contributed by atoms with Crippen LogP contribution in [0.4, 0.5) is 0 Å². The van der Waals surface area contributed by atoms with Gasteiger partial charge in [-0.2, -0.15) is 0 Å². The summed E-state index contributed by atoms with van der Waals surface area (Å²) in [7, 11) is 2.19. The normalized spacial score (nSPS) is 17.0. The molecule has 26 heavy (non-hydrogen) atoms. The van der Waals surface area contributed by atoms with E-state index in [2.05, 4.69) is 47.5 Å². The fraction of sp³-hybridized carbons (Fsp3) is 0.273. The van der Waals surface area contributed by atoms with E-state index in [1.54, 1.807) is 0 Å². The number of hydrogen-bond acceptors (Lipinski definition) is 1. The van der Waals surface area contributed by atoms with Gasteiger partial charge in [-0.1, -0.05) is 30.1 Å². The standard InChI is InChI=1S/C22H20Cl2N2/c1-3-20-22-18(11-12-25(20)2)19-14-17(24)8-9-21(19)26(22)13-10-15-4-6-16(23)7-5-15/h4-9,14,20H,3,11-12H2,1-2H3. The van der Waals surface area contributed by atoms with Crippen LogP contribution < -0.4 is 0 Å². The highest BCUT2D eigenvalue weighted by molar-refractivity contribution is 6.31. The molecule has 0 N–H and O–H groups in total. The Balaban J connectivity index is 1.93. The fourth-order valence-electron chi connectivity index (χ4n) is 3.89. The van der Waals surface area contributed by atoms with Gasteiger partial charge in [-0.25, -0.2) is 0 Å². The summed E-state index contributed by atoms with van der Waals surface area (Å²) < 4.78 is 2.17. The average Bonchev–Trinajstić information content (AvgIpc) is 2.94. The highest BCUT2D eigenvalue weighted by Gasteiger charge is 2.29. The lowest BCUT2D eigenvalue weighted by atomic mass is 9.96. The van der Waals surface area contributed by atoms with Gasteiger partial charge in [0.1, 0.15) is 0 Å². The second-order valence-electron chi connectivity index (χ2n) is 6.76. The van der Waals surface area contributed by atoms with Gasteiger partial charge in [0.25, 0.3) is 0 Å². The maximum Gasteiger partial charge on any atom is 0.0619 e. The van der Waals surface area contributed by atoms with Crippen molar-refractivity contribution in [2.24, 2.45) is 0 Å². The van der Waals surface area contributed by atoms with Gasteiger partial charge in [0, 0.05) is 33.6 Å². The lowest BCUT2D eigenvalue weighted by molar-refractivity contribution is 0.219. The number of likely N-dealkylation sites (N-methyl/N-ethyl adjacent to an activating group) is 1. The van der Waals surface area contributed by atoms with Gasteiger partial charge in [0.05, 0.1) is 17.3 Å². The molecule has 0 bridgehead atoms. The molecule has 0 aliphatic carbocycles. The molecule has 1 aliphatic heterocycles. The Bertz CT molecular complexity index is 1020. The third-order valence-corrected chi connectivity index (χ3v) is 5.67. The van der Waals surface area contributed by atoms with E-state index in [1.807, 2.05) is 30.3 Å². The maximum atomic E-state index is 6.29. The molecular weight excluding hydrogens is 363 g/mol. The second-order valence-corrected chi connectivity index (χ2v) is 7.63. The highest BCUT2D eigenvalue weighted by atomic mass is 35.5. The summed E-state index contributed by atoms with van der Waals surface area (Å²) in [4.78, 5) is 2.42. The molecule has 132 valence electrons. The molecule has 1 aromatic heterocycles. The van der Waals surface area contributed by atoms with Crippen LogP contribution in [0.2, 0.25) is 10.0 Å². The molecule has 4 heteroatoms. The quantitative estimate of drug-likeness (QED) is 0.486. The smallest absolute Gasteiger partial charge is 0.0619 e. The van der Waals surface area contributed by atoms with Crippen molar-refractivity contribution >= 4 is 34.1 Å². The molecule has 2 nitrogen and oxygen atoms in total. The summed E-state index contributed by atoms with van der Waals surface area (Å²) in [5.74, 6) is 3.29. The van der Waals surface area contributed by atoms with Gasteiger partial charge in [-0.15, -0.1) is 0 Å². The van der Waals surface area contributed by atoms with Crippen LogP contribution in [0, 0.1) is 12.0 Å². The second kappa shape index (κ2) is 7.00. The number of rotatable bonds is 1. The molecule has 2 heterocycles. The largest absolute Gasteiger partial charge is 0.298 e. The zero-order valence-corrected chi connectivity index (χ0v) is 16.4. The van der Waals surface area contributed by atoms with Crippen molar-refractivity contribution in [2.45, 2.75) is 25.8 Å². The minimum atomic E-state index is 0.365. The highest BCUT2D eigenvalue weighted by Crippen LogP contribution is 2.38. The first-order chi connectivity index (χ1) is 12.6. The first kappa shape index (κ1) is 17.5. The van der Waals surface area contributed by atoms with Crippen molar-refractivity contribution in [2.75, 3.05) is 13.6 Å². The van der Waals surface area contributed by atoms with E-state index in [4.69, 9.17) is 23.2 Å². The number of benzene rings is 2. The van der Waals surface area contributed by atoms with Crippen molar-refractivity contribution in [1.29, 1.82) is 0 Å². The number of aromatic nitrogens is 1. The van der Waals surface area contributed by atoms with E-state index in [0.29, 0.717) is 6.04 Å². The van der Waals surface area contributed by atoms with Gasteiger partial charge in [0.15, 0.2) is 0 Å². The molecule has 0 fully saturated rings. The lowest BCUT2D eigenvalue weighted by Crippen LogP contribution is -2.32. The molecule has 3 aromatic rings. The molecule has 0 amide bonds. The third kappa shape index (κ3) is 3.01. The minimum Gasteiger partial charge on any atom is -0.298 e. The molecule has 0 saturated carbocycles. The van der Waals surface area contributed by atoms with E-state index in [9.17, 15) is 0 Å². The van der Waals surface area contributed by atoms with Crippen LogP contribution in [0.1, 0.15) is 36.2 Å². The molecule has 2 aromatic carbocycles. The molecule has 0 spiro atoms. The molecule has 1 atom stereocenters. The predicted molar refractivity (Wildman–Crippen MR) is 110 cm³/mol. The first-order valence-corrected chi connectivity index (χ1v) is 9.64. The van der Waals surface area contributed by atoms with Gasteiger partial charge in [-0.05, 0) is 73.8 Å². The Morgan fingerprint density at radius 3 is 2.54 bits per heavy atom. The average molecular weight is 383 g/mol. The Hall–Kier alpha value is -1.92. The molecule has 4 rings (SSSR count). The van der Waals surface area contributed by atoms with E-state index >= 15 is 0 Å². The van der Waals surface area contributed by atoms with Crippen LogP contribution >= 0.6 is 23.2 Å². The Kier molecular flexibility index (Phi) is 4.71. The summed E-state index contributed by atoms with van der Waals surface area (Å²) in [6.45, 7) is 3.29. The number of halogens is 2. The fourth-order valence-corrected chi connectivity index (χ4v) is 4.19. The van der Waals surface area contributed by atoms with Crippen LogP contribution in [0.15, 0.2) is 42.5 Å². The minimum absolute atomic E-state index is 0.365. The van der Waals surface area contributed by atoms with E-state index in [1.165, 1.54) is 16.6 Å². The van der Waals surface area contributed by atoms with Crippen LogP contribution in [0.25, 0.3) is 10.9 Å². The molecule has 0 radical (unpaired) electrons. The molecule has 1 unspecified atom stereocenters. The summed E-state index contributed by atoms with van der Waals surface area (Å²) in [5.41, 5.74) is 4.78. The zero-order chi connectivity index (χ0) is 18.3. The van der Waals surface area contributed by atoms with Crippen molar-refractivity contribution in [3.63, 3.8) is 0 Å². The Morgan fingerprint density at radius 1 is 1.08 bits per heavy atom. The monoisotopic (exact) mass is 382 g/mol. The number of hydrogen-bond donors (Lipinski definition) is 0. The predicted octanol–water partition coefficient (Wildman–Crippen LogP) is 5.74. The third-order valence-electron chi connectivity index (χ3n) is 5.18. The molecule has 1 aliphatic rings. The van der Waals surface area contributed by atoms with E-state index < -0.39 is 0 Å². The lowest BCUT2D eigenvalue weighted by Gasteiger charge is -2.32. The van der Waals surface area contributed by atoms with Crippen LogP contribution in [-0.2, 0) is 6.42 Å². The van der Waals surface area contributed by atoms with Gasteiger partial charge in [0.2, 0.25) is 0 Å². The van der Waals surface area contributed by atoms with Gasteiger partial charge >= 0.3 is 0 Å². The topological polar surface area (TPSA) is 8.17 Å². The maximum absolute atomic E-state index is 6.29. The zero-order valence-electron chi connectivity index (χ0n) is 14.9. The van der Waals surface area contributed by atoms with E-state index in [0.717, 1.165) is 40.5 Å².